The van der Waals surface area contributed by atoms with Gasteiger partial charge < -0.3 is 0 Å². The van der Waals surface area contributed by atoms with E-state index in [1.54, 1.807) is 9.08 Å². The van der Waals surface area contributed by atoms with Gasteiger partial charge >= 0.3 is 0 Å². The first-order chi connectivity index (χ1) is 10.2. The van der Waals surface area contributed by atoms with Crippen molar-refractivity contribution in [1.82, 2.24) is 0 Å². The predicted molar refractivity (Wildman–Crippen MR) is 104 cm³/mol. The summed E-state index contributed by atoms with van der Waals surface area (Å²) in [5.74, 6) is 0.701. The molecule has 0 spiro atoms. The van der Waals surface area contributed by atoms with Gasteiger partial charge in [0.05, 0.1) is 0 Å². The SMILES string of the molecule is C/C=C(/CI=C1C=CC(Cc2ccccc2)=CC1)C(C)C. The monoisotopic (exact) mass is 392 g/mol. The van der Waals surface area contributed by atoms with Crippen molar-refractivity contribution in [2.75, 3.05) is 4.43 Å². The van der Waals surface area contributed by atoms with Gasteiger partial charge in [-0.2, -0.15) is 0 Å². The summed E-state index contributed by atoms with van der Waals surface area (Å²) in [4.78, 5) is 0. The molecule has 0 aliphatic heterocycles. The highest BCUT2D eigenvalue weighted by atomic mass is 127. The van der Waals surface area contributed by atoms with Gasteiger partial charge in [-0.1, -0.05) is 74.1 Å². The van der Waals surface area contributed by atoms with Crippen LogP contribution in [0.4, 0.5) is 0 Å². The molecule has 0 heterocycles. The van der Waals surface area contributed by atoms with Crippen molar-refractivity contribution in [1.29, 1.82) is 0 Å². The van der Waals surface area contributed by atoms with E-state index in [-0.39, 0.29) is 20.7 Å². The normalized spacial score (nSPS) is 17.8. The third-order valence-corrected chi connectivity index (χ3v) is 6.84. The second-order valence-electron chi connectivity index (χ2n) is 5.71. The number of benzene rings is 1. The zero-order valence-corrected chi connectivity index (χ0v) is 15.4. The quantitative estimate of drug-likeness (QED) is 0.335. The highest BCUT2D eigenvalue weighted by Gasteiger charge is 2.05. The molecule has 1 aromatic rings. The third-order valence-electron chi connectivity index (χ3n) is 3.79. The lowest BCUT2D eigenvalue weighted by atomic mass is 10.00. The summed E-state index contributed by atoms with van der Waals surface area (Å²) in [6.45, 7) is 6.79. The number of allylic oxidation sites excluding steroid dienone is 6. The van der Waals surface area contributed by atoms with Gasteiger partial charge in [0.25, 0.3) is 0 Å². The number of hydrogen-bond donors (Lipinski definition) is 0. The van der Waals surface area contributed by atoms with Crippen molar-refractivity contribution >= 4 is 24.2 Å². The Bertz CT molecular complexity index is 571. The first kappa shape index (κ1) is 16.4. The third kappa shape index (κ3) is 5.39. The number of alkyl halides is 1. The zero-order valence-electron chi connectivity index (χ0n) is 13.3. The molecule has 0 aromatic heterocycles. The average molecular weight is 392 g/mol. The van der Waals surface area contributed by atoms with Crippen molar-refractivity contribution in [2.45, 2.75) is 33.6 Å². The van der Waals surface area contributed by atoms with E-state index in [9.17, 15) is 0 Å². The van der Waals surface area contributed by atoms with Gasteiger partial charge in [-0.15, -0.1) is 20.7 Å². The largest absolute Gasteiger partial charge is 0.114 e. The van der Waals surface area contributed by atoms with Crippen LogP contribution in [0.25, 0.3) is 0 Å². The fraction of sp³-hybridized carbons (Fsp3) is 0.350. The second-order valence-corrected chi connectivity index (χ2v) is 8.62. The molecule has 1 aliphatic carbocycles. The van der Waals surface area contributed by atoms with Crippen LogP contribution in [0.5, 0.6) is 0 Å². The van der Waals surface area contributed by atoms with Crippen LogP contribution in [0.15, 0.2) is 65.8 Å². The minimum atomic E-state index is 0.161. The van der Waals surface area contributed by atoms with E-state index >= 15 is 0 Å². The summed E-state index contributed by atoms with van der Waals surface area (Å²) in [5, 5.41) is 0. The predicted octanol–water partition coefficient (Wildman–Crippen LogP) is 5.86. The Hall–Kier alpha value is -0.960. The van der Waals surface area contributed by atoms with E-state index in [1.165, 1.54) is 22.0 Å². The molecule has 1 aliphatic rings. The second kappa shape index (κ2) is 8.47. The van der Waals surface area contributed by atoms with Gasteiger partial charge in [0.15, 0.2) is 0 Å². The molecule has 1 heteroatoms. The molecule has 112 valence electrons. The molecule has 0 saturated heterocycles. The number of halogens is 1. The molecule has 0 amide bonds. The maximum Gasteiger partial charge on any atom is 0.0163 e. The van der Waals surface area contributed by atoms with Gasteiger partial charge in [-0.3, -0.25) is 0 Å². The highest BCUT2D eigenvalue weighted by molar-refractivity contribution is 14.2. The molecule has 0 radical (unpaired) electrons. The molecule has 2 rings (SSSR count). The fourth-order valence-electron chi connectivity index (χ4n) is 2.35. The molecule has 0 atom stereocenters. The topological polar surface area (TPSA) is 0 Å². The van der Waals surface area contributed by atoms with Gasteiger partial charge in [0.1, 0.15) is 0 Å². The Morgan fingerprint density at radius 3 is 2.52 bits per heavy atom. The molecular formula is C20H25I. The van der Waals surface area contributed by atoms with Crippen LogP contribution >= 0.6 is 20.7 Å². The van der Waals surface area contributed by atoms with Crippen LogP contribution in [0, 0.1) is 5.92 Å². The zero-order chi connectivity index (χ0) is 15.1. The van der Waals surface area contributed by atoms with Crippen LogP contribution in [0.1, 0.15) is 32.8 Å². The Morgan fingerprint density at radius 2 is 1.95 bits per heavy atom. The number of hydrogen-bond acceptors (Lipinski definition) is 0. The van der Waals surface area contributed by atoms with Crippen molar-refractivity contribution in [2.24, 2.45) is 5.92 Å². The molecule has 0 fully saturated rings. The maximum atomic E-state index is 2.42. The van der Waals surface area contributed by atoms with E-state index in [2.05, 4.69) is 75.4 Å². The summed E-state index contributed by atoms with van der Waals surface area (Å²) in [6.07, 6.45) is 11.7. The number of rotatable bonds is 5. The van der Waals surface area contributed by atoms with E-state index in [0.29, 0.717) is 5.92 Å². The maximum absolute atomic E-state index is 2.42. The first-order valence-electron chi connectivity index (χ1n) is 7.70. The van der Waals surface area contributed by atoms with Crippen molar-refractivity contribution in [3.05, 3.63) is 71.3 Å². The summed E-state index contributed by atoms with van der Waals surface area (Å²) in [6, 6.07) is 10.7. The Balaban J connectivity index is 1.92. The molecule has 21 heavy (non-hydrogen) atoms. The Kier molecular flexibility index (Phi) is 6.62. The molecule has 0 saturated carbocycles. The summed E-state index contributed by atoms with van der Waals surface area (Å²) in [5.41, 5.74) is 4.49. The van der Waals surface area contributed by atoms with Gasteiger partial charge in [-0.05, 0) is 40.3 Å². The summed E-state index contributed by atoms with van der Waals surface area (Å²) < 4.78 is 2.99. The lowest BCUT2D eigenvalue weighted by molar-refractivity contribution is 0.774. The van der Waals surface area contributed by atoms with E-state index in [4.69, 9.17) is 0 Å². The first-order valence-corrected chi connectivity index (χ1v) is 10.3. The summed E-state index contributed by atoms with van der Waals surface area (Å²) in [7, 11) is 0. The van der Waals surface area contributed by atoms with E-state index in [1.807, 2.05) is 0 Å². The molecule has 0 nitrogen and oxygen atoms in total. The molecule has 0 N–H and O–H groups in total. The summed E-state index contributed by atoms with van der Waals surface area (Å²) >= 11 is 0.161. The van der Waals surface area contributed by atoms with Crippen LogP contribution < -0.4 is 0 Å². The minimum Gasteiger partial charge on any atom is -0.114 e. The molecule has 0 unspecified atom stereocenters. The van der Waals surface area contributed by atoms with Gasteiger partial charge in [-0.25, -0.2) is 0 Å². The lowest BCUT2D eigenvalue weighted by Gasteiger charge is -2.11. The Morgan fingerprint density at radius 1 is 1.19 bits per heavy atom. The molecule has 0 bridgehead atoms. The van der Waals surface area contributed by atoms with E-state index < -0.39 is 0 Å². The lowest BCUT2D eigenvalue weighted by Crippen LogP contribution is -2.00. The standard InChI is InChI=1S/C20H25I/c1-4-19(16(2)3)15-21-20-12-10-18(11-13-20)14-17-8-6-5-7-9-17/h4-12,16H,13-15H2,1-3H3/b19-4-. The average Bonchev–Trinajstić information content (AvgIpc) is 2.50. The Labute approximate surface area is 139 Å². The highest BCUT2D eigenvalue weighted by Crippen LogP contribution is 2.21. The van der Waals surface area contributed by atoms with Crippen LogP contribution in [0.3, 0.4) is 0 Å². The van der Waals surface area contributed by atoms with Crippen molar-refractivity contribution < 1.29 is 0 Å². The van der Waals surface area contributed by atoms with Crippen LogP contribution in [0.2, 0.25) is 0 Å². The van der Waals surface area contributed by atoms with E-state index in [0.717, 1.165) is 6.42 Å². The van der Waals surface area contributed by atoms with Gasteiger partial charge in [0, 0.05) is 4.43 Å². The smallest absolute Gasteiger partial charge is 0.0163 e. The van der Waals surface area contributed by atoms with Crippen molar-refractivity contribution in [3.8, 4) is 0 Å². The van der Waals surface area contributed by atoms with Gasteiger partial charge in [0.2, 0.25) is 0 Å². The van der Waals surface area contributed by atoms with Crippen LogP contribution in [-0.2, 0) is 6.42 Å². The van der Waals surface area contributed by atoms with Crippen molar-refractivity contribution in [3.63, 3.8) is 0 Å². The van der Waals surface area contributed by atoms with Crippen LogP contribution in [-0.4, -0.2) is 7.94 Å². The minimum absolute atomic E-state index is 0.161. The molecular weight excluding hydrogens is 367 g/mol. The fourth-order valence-corrected chi connectivity index (χ4v) is 5.57. The molecule has 1 aromatic carbocycles.